The Kier molecular flexibility index (Phi) is 4.71. The summed E-state index contributed by atoms with van der Waals surface area (Å²) in [5, 5.41) is 3.68. The van der Waals surface area contributed by atoms with Crippen LogP contribution in [0.25, 0.3) is 11.5 Å². The van der Waals surface area contributed by atoms with E-state index in [9.17, 15) is 8.42 Å². The molecule has 1 N–H and O–H groups in total. The molecule has 0 amide bonds. The van der Waals surface area contributed by atoms with E-state index in [1.165, 1.54) is 7.11 Å². The van der Waals surface area contributed by atoms with Crippen molar-refractivity contribution in [3.05, 3.63) is 54.1 Å². The number of rotatable bonds is 6. The fourth-order valence-electron chi connectivity index (χ4n) is 2.29. The molecule has 25 heavy (non-hydrogen) atoms. The largest absolute Gasteiger partial charge is 0.495 e. The summed E-state index contributed by atoms with van der Waals surface area (Å²) in [4.78, 5) is 4.11. The Labute approximate surface area is 145 Å². The van der Waals surface area contributed by atoms with Crippen molar-refractivity contribution in [3.8, 4) is 17.2 Å². The fraction of sp³-hybridized carbons (Fsp3) is 0.176. The SMILES string of the molecule is CCc1ccc(OC)c(S(=O)(=O)Nc2noc(-c3ccccc3)n2)c1. The number of hydrogen-bond acceptors (Lipinski definition) is 6. The number of anilines is 1. The molecule has 0 spiro atoms. The molecule has 0 fully saturated rings. The average molecular weight is 359 g/mol. The summed E-state index contributed by atoms with van der Waals surface area (Å²) in [7, 11) is -2.50. The van der Waals surface area contributed by atoms with Crippen LogP contribution in [0, 0.1) is 0 Å². The number of ether oxygens (including phenoxy) is 1. The van der Waals surface area contributed by atoms with Crippen molar-refractivity contribution < 1.29 is 17.7 Å². The van der Waals surface area contributed by atoms with Gasteiger partial charge in [-0.05, 0) is 41.4 Å². The summed E-state index contributed by atoms with van der Waals surface area (Å²) in [5.41, 5.74) is 1.57. The molecule has 0 saturated carbocycles. The predicted octanol–water partition coefficient (Wildman–Crippen LogP) is 3.11. The summed E-state index contributed by atoms with van der Waals surface area (Å²) in [6.45, 7) is 1.94. The van der Waals surface area contributed by atoms with Crippen molar-refractivity contribution in [2.24, 2.45) is 0 Å². The third-order valence-corrected chi connectivity index (χ3v) is 4.95. The zero-order chi connectivity index (χ0) is 17.9. The Morgan fingerprint density at radius 3 is 2.60 bits per heavy atom. The van der Waals surface area contributed by atoms with Crippen molar-refractivity contribution in [2.75, 3.05) is 11.8 Å². The molecule has 3 aromatic rings. The first kappa shape index (κ1) is 17.0. The molecular formula is C17H17N3O4S. The van der Waals surface area contributed by atoms with E-state index < -0.39 is 10.0 Å². The van der Waals surface area contributed by atoms with Crippen LogP contribution in [0.3, 0.4) is 0 Å². The number of methoxy groups -OCH3 is 1. The Morgan fingerprint density at radius 2 is 1.92 bits per heavy atom. The number of nitrogens with one attached hydrogen (secondary N) is 1. The molecule has 2 aromatic carbocycles. The molecule has 0 saturated heterocycles. The van der Waals surface area contributed by atoms with Gasteiger partial charge in [0.25, 0.3) is 21.9 Å². The summed E-state index contributed by atoms with van der Waals surface area (Å²) in [6.07, 6.45) is 0.701. The van der Waals surface area contributed by atoms with Crippen LogP contribution in [0.4, 0.5) is 5.95 Å². The molecule has 0 aliphatic heterocycles. The molecule has 0 aliphatic rings. The lowest BCUT2D eigenvalue weighted by Crippen LogP contribution is -2.15. The van der Waals surface area contributed by atoms with Crippen molar-refractivity contribution in [1.82, 2.24) is 10.1 Å². The fourth-order valence-corrected chi connectivity index (χ4v) is 3.45. The maximum atomic E-state index is 12.7. The van der Waals surface area contributed by atoms with Gasteiger partial charge in [-0.25, -0.2) is 13.1 Å². The summed E-state index contributed by atoms with van der Waals surface area (Å²) in [6, 6.07) is 14.1. The van der Waals surface area contributed by atoms with Gasteiger partial charge in [-0.15, -0.1) is 0 Å². The quantitative estimate of drug-likeness (QED) is 0.727. The zero-order valence-electron chi connectivity index (χ0n) is 13.8. The van der Waals surface area contributed by atoms with Crippen molar-refractivity contribution in [1.29, 1.82) is 0 Å². The van der Waals surface area contributed by atoms with Crippen molar-refractivity contribution in [2.45, 2.75) is 18.2 Å². The number of nitrogens with zero attached hydrogens (tertiary/aromatic N) is 2. The Morgan fingerprint density at radius 1 is 1.16 bits per heavy atom. The lowest BCUT2D eigenvalue weighted by atomic mass is 10.2. The second-order valence-corrected chi connectivity index (χ2v) is 6.88. The van der Waals surface area contributed by atoms with Gasteiger partial charge in [0.05, 0.1) is 7.11 Å². The second-order valence-electron chi connectivity index (χ2n) is 5.23. The van der Waals surface area contributed by atoms with E-state index in [2.05, 4.69) is 14.9 Å². The number of aryl methyl sites for hydroxylation is 1. The van der Waals surface area contributed by atoms with Crippen molar-refractivity contribution >= 4 is 16.0 Å². The van der Waals surface area contributed by atoms with Crippen LogP contribution < -0.4 is 9.46 Å². The standard InChI is InChI=1S/C17H17N3O4S/c1-3-12-9-10-14(23-2)15(11-12)25(21,22)20-17-18-16(24-19-17)13-7-5-4-6-8-13/h4-11H,3H2,1-2H3,(H,19,20). The predicted molar refractivity (Wildman–Crippen MR) is 92.9 cm³/mol. The Bertz CT molecular complexity index is 969. The van der Waals surface area contributed by atoms with E-state index in [0.29, 0.717) is 12.0 Å². The Balaban J connectivity index is 1.91. The maximum Gasteiger partial charge on any atom is 0.277 e. The highest BCUT2D eigenvalue weighted by molar-refractivity contribution is 7.92. The number of sulfonamides is 1. The zero-order valence-corrected chi connectivity index (χ0v) is 14.6. The van der Waals surface area contributed by atoms with Gasteiger partial charge >= 0.3 is 0 Å². The first-order valence-electron chi connectivity index (χ1n) is 7.62. The van der Waals surface area contributed by atoms with E-state index in [1.807, 2.05) is 31.2 Å². The van der Waals surface area contributed by atoms with Gasteiger partial charge in [-0.1, -0.05) is 31.2 Å². The smallest absolute Gasteiger partial charge is 0.277 e. The van der Waals surface area contributed by atoms with E-state index in [0.717, 1.165) is 5.56 Å². The molecule has 0 aliphatic carbocycles. The minimum atomic E-state index is -3.92. The first-order chi connectivity index (χ1) is 12.0. The molecular weight excluding hydrogens is 342 g/mol. The highest BCUT2D eigenvalue weighted by atomic mass is 32.2. The average Bonchev–Trinajstić information content (AvgIpc) is 3.09. The maximum absolute atomic E-state index is 12.7. The molecule has 130 valence electrons. The van der Waals surface area contributed by atoms with Gasteiger partial charge in [0.15, 0.2) is 0 Å². The lowest BCUT2D eigenvalue weighted by Gasteiger charge is -2.10. The number of aromatic nitrogens is 2. The van der Waals surface area contributed by atoms with Crippen LogP contribution in [0.2, 0.25) is 0 Å². The van der Waals surface area contributed by atoms with Crippen LogP contribution in [-0.2, 0) is 16.4 Å². The number of hydrogen-bond donors (Lipinski definition) is 1. The molecule has 0 unspecified atom stereocenters. The summed E-state index contributed by atoms with van der Waals surface area (Å²) >= 11 is 0. The van der Waals surface area contributed by atoms with Gasteiger partial charge in [-0.3, -0.25) is 0 Å². The minimum absolute atomic E-state index is 0.0282. The van der Waals surface area contributed by atoms with E-state index in [4.69, 9.17) is 9.26 Å². The monoisotopic (exact) mass is 359 g/mol. The van der Waals surface area contributed by atoms with Gasteiger partial charge in [0.1, 0.15) is 10.6 Å². The lowest BCUT2D eigenvalue weighted by molar-refractivity contribution is 0.402. The van der Waals surface area contributed by atoms with Gasteiger partial charge < -0.3 is 9.26 Å². The van der Waals surface area contributed by atoms with Crippen LogP contribution in [0.1, 0.15) is 12.5 Å². The molecule has 0 atom stereocenters. The van der Waals surface area contributed by atoms with E-state index >= 15 is 0 Å². The topological polar surface area (TPSA) is 94.3 Å². The summed E-state index contributed by atoms with van der Waals surface area (Å²) < 4.78 is 38.0. The second kappa shape index (κ2) is 6.94. The van der Waals surface area contributed by atoms with Gasteiger partial charge in [0, 0.05) is 5.56 Å². The molecule has 0 radical (unpaired) electrons. The molecule has 0 bridgehead atoms. The van der Waals surface area contributed by atoms with Crippen LogP contribution >= 0.6 is 0 Å². The number of benzene rings is 2. The van der Waals surface area contributed by atoms with Crippen LogP contribution in [-0.4, -0.2) is 25.7 Å². The van der Waals surface area contributed by atoms with Crippen LogP contribution in [0.5, 0.6) is 5.75 Å². The first-order valence-corrected chi connectivity index (χ1v) is 9.10. The third kappa shape index (κ3) is 3.63. The third-order valence-electron chi connectivity index (χ3n) is 3.60. The van der Waals surface area contributed by atoms with Crippen LogP contribution in [0.15, 0.2) is 57.9 Å². The molecule has 7 nitrogen and oxygen atoms in total. The van der Waals surface area contributed by atoms with E-state index in [1.54, 1.807) is 24.3 Å². The van der Waals surface area contributed by atoms with Gasteiger partial charge in [-0.2, -0.15) is 4.98 Å². The highest BCUT2D eigenvalue weighted by Crippen LogP contribution is 2.27. The Hall–Kier alpha value is -2.87. The molecule has 3 rings (SSSR count). The van der Waals surface area contributed by atoms with E-state index in [-0.39, 0.29) is 22.5 Å². The van der Waals surface area contributed by atoms with Crippen molar-refractivity contribution in [3.63, 3.8) is 0 Å². The molecule has 1 aromatic heterocycles. The van der Waals surface area contributed by atoms with Gasteiger partial charge in [0.2, 0.25) is 0 Å². The summed E-state index contributed by atoms with van der Waals surface area (Å²) in [5.74, 6) is 0.340. The minimum Gasteiger partial charge on any atom is -0.495 e. The highest BCUT2D eigenvalue weighted by Gasteiger charge is 2.22. The normalized spacial score (nSPS) is 11.3. The molecule has 1 heterocycles. The molecule has 8 heteroatoms.